The average molecular weight is 251 g/mol. The highest BCUT2D eigenvalue weighted by Crippen LogP contribution is 2.28. The fourth-order valence-electron chi connectivity index (χ4n) is 2.08. The van der Waals surface area contributed by atoms with Gasteiger partial charge in [0.2, 0.25) is 0 Å². The summed E-state index contributed by atoms with van der Waals surface area (Å²) in [6, 6.07) is 9.41. The van der Waals surface area contributed by atoms with Crippen LogP contribution in [-0.4, -0.2) is 23.6 Å². The highest BCUT2D eigenvalue weighted by Gasteiger charge is 2.25. The number of para-hydroxylation sites is 1. The van der Waals surface area contributed by atoms with Crippen LogP contribution in [0.1, 0.15) is 19.3 Å². The van der Waals surface area contributed by atoms with Crippen molar-refractivity contribution in [2.24, 2.45) is 0 Å². The van der Waals surface area contributed by atoms with Crippen LogP contribution in [0.4, 0.5) is 4.79 Å². The number of carbonyl (C=O) groups excluding carboxylic acids is 1. The van der Waals surface area contributed by atoms with Gasteiger partial charge < -0.3 is 10.1 Å². The van der Waals surface area contributed by atoms with Gasteiger partial charge in [0.25, 0.3) is 0 Å². The maximum absolute atomic E-state index is 11.6. The van der Waals surface area contributed by atoms with E-state index in [4.69, 9.17) is 4.74 Å². The average Bonchev–Trinajstić information content (AvgIpc) is 2.78. The lowest BCUT2D eigenvalue weighted by molar-refractivity contribution is 0.196. The zero-order valence-corrected chi connectivity index (χ0v) is 10.7. The van der Waals surface area contributed by atoms with Gasteiger partial charge in [-0.25, -0.2) is 4.79 Å². The van der Waals surface area contributed by atoms with E-state index < -0.39 is 0 Å². The van der Waals surface area contributed by atoms with Crippen LogP contribution in [0.2, 0.25) is 0 Å². The zero-order valence-electron chi connectivity index (χ0n) is 9.89. The number of amides is 1. The van der Waals surface area contributed by atoms with Crippen molar-refractivity contribution in [3.63, 3.8) is 0 Å². The second-order valence-electron chi connectivity index (χ2n) is 4.21. The lowest BCUT2D eigenvalue weighted by atomic mass is 10.3. The van der Waals surface area contributed by atoms with Crippen LogP contribution in [0.3, 0.4) is 0 Å². The molecule has 0 saturated heterocycles. The molecule has 0 radical (unpaired) electrons. The zero-order chi connectivity index (χ0) is 12.1. The molecular weight excluding hydrogens is 234 g/mol. The van der Waals surface area contributed by atoms with E-state index in [2.05, 4.69) is 11.6 Å². The summed E-state index contributed by atoms with van der Waals surface area (Å²) in [5.41, 5.74) is 0. The predicted octanol–water partition coefficient (Wildman–Crippen LogP) is 3.06. The van der Waals surface area contributed by atoms with Crippen molar-refractivity contribution in [3.05, 3.63) is 30.3 Å². The third-order valence-corrected chi connectivity index (χ3v) is 4.09. The molecule has 1 aromatic carbocycles. The molecule has 1 fully saturated rings. The molecule has 92 valence electrons. The van der Waals surface area contributed by atoms with Crippen LogP contribution in [-0.2, 0) is 0 Å². The number of thioether (sulfide) groups is 1. The van der Waals surface area contributed by atoms with Crippen LogP contribution in [0.25, 0.3) is 0 Å². The van der Waals surface area contributed by atoms with E-state index in [1.54, 1.807) is 12.1 Å². The van der Waals surface area contributed by atoms with Gasteiger partial charge in [-0.1, -0.05) is 18.2 Å². The van der Waals surface area contributed by atoms with Gasteiger partial charge in [-0.05, 0) is 37.7 Å². The third kappa shape index (κ3) is 3.66. The smallest absolute Gasteiger partial charge is 0.410 e. The van der Waals surface area contributed by atoms with E-state index in [-0.39, 0.29) is 12.1 Å². The number of hydrogen-bond acceptors (Lipinski definition) is 3. The van der Waals surface area contributed by atoms with E-state index in [1.165, 1.54) is 6.42 Å². The molecule has 3 nitrogen and oxygen atoms in total. The fourth-order valence-corrected chi connectivity index (χ4v) is 2.87. The molecule has 0 bridgehead atoms. The summed E-state index contributed by atoms with van der Waals surface area (Å²) in [6.45, 7) is 0. The van der Waals surface area contributed by atoms with Crippen molar-refractivity contribution in [1.29, 1.82) is 0 Å². The SMILES string of the molecule is CSC1CCC(NC(=O)Oc2ccccc2)C1. The monoisotopic (exact) mass is 251 g/mol. The number of hydrogen-bond donors (Lipinski definition) is 1. The molecule has 0 heterocycles. The number of carbonyl (C=O) groups is 1. The number of ether oxygens (including phenoxy) is 1. The molecule has 0 aliphatic heterocycles. The first kappa shape index (κ1) is 12.3. The van der Waals surface area contributed by atoms with Crippen LogP contribution in [0.15, 0.2) is 30.3 Å². The van der Waals surface area contributed by atoms with Crippen LogP contribution >= 0.6 is 11.8 Å². The molecule has 1 N–H and O–H groups in total. The molecule has 1 saturated carbocycles. The van der Waals surface area contributed by atoms with Crippen molar-refractivity contribution in [3.8, 4) is 5.75 Å². The fraction of sp³-hybridized carbons (Fsp3) is 0.462. The van der Waals surface area contributed by atoms with Crippen molar-refractivity contribution in [2.45, 2.75) is 30.6 Å². The largest absolute Gasteiger partial charge is 0.412 e. The maximum Gasteiger partial charge on any atom is 0.412 e. The quantitative estimate of drug-likeness (QED) is 0.897. The number of nitrogens with one attached hydrogen (secondary N) is 1. The van der Waals surface area contributed by atoms with E-state index >= 15 is 0 Å². The molecule has 1 amide bonds. The Kier molecular flexibility index (Phi) is 4.31. The first-order valence-corrected chi connectivity index (χ1v) is 7.13. The molecule has 1 aliphatic rings. The normalized spacial score (nSPS) is 23.4. The summed E-state index contributed by atoms with van der Waals surface area (Å²) < 4.78 is 5.19. The van der Waals surface area contributed by atoms with Gasteiger partial charge in [-0.2, -0.15) is 11.8 Å². The minimum absolute atomic E-state index is 0.267. The first-order chi connectivity index (χ1) is 8.28. The van der Waals surface area contributed by atoms with Gasteiger partial charge in [0.15, 0.2) is 0 Å². The van der Waals surface area contributed by atoms with Gasteiger partial charge in [0.1, 0.15) is 5.75 Å². The molecular formula is C13H17NO2S. The Morgan fingerprint density at radius 3 is 2.76 bits per heavy atom. The highest BCUT2D eigenvalue weighted by atomic mass is 32.2. The van der Waals surface area contributed by atoms with Crippen molar-refractivity contribution in [2.75, 3.05) is 6.26 Å². The molecule has 0 aromatic heterocycles. The molecule has 4 heteroatoms. The Hall–Kier alpha value is -1.16. The van der Waals surface area contributed by atoms with Gasteiger partial charge in [-0.15, -0.1) is 0 Å². The molecule has 0 spiro atoms. The molecule has 1 aromatic rings. The Bertz CT molecular complexity index is 369. The van der Waals surface area contributed by atoms with Crippen LogP contribution < -0.4 is 10.1 Å². The molecule has 2 atom stereocenters. The van der Waals surface area contributed by atoms with Gasteiger partial charge in [-0.3, -0.25) is 0 Å². The van der Waals surface area contributed by atoms with Gasteiger partial charge in [0, 0.05) is 11.3 Å². The topological polar surface area (TPSA) is 38.3 Å². The second kappa shape index (κ2) is 5.96. The van der Waals surface area contributed by atoms with E-state index in [0.717, 1.165) is 12.8 Å². The van der Waals surface area contributed by atoms with Gasteiger partial charge >= 0.3 is 6.09 Å². The Labute approximate surface area is 106 Å². The molecule has 1 aliphatic carbocycles. The summed E-state index contributed by atoms with van der Waals surface area (Å²) >= 11 is 1.88. The summed E-state index contributed by atoms with van der Waals surface area (Å²) in [6.07, 6.45) is 5.05. The summed E-state index contributed by atoms with van der Waals surface area (Å²) in [5.74, 6) is 0.587. The number of rotatable bonds is 3. The van der Waals surface area contributed by atoms with Crippen molar-refractivity contribution >= 4 is 17.9 Å². The highest BCUT2D eigenvalue weighted by molar-refractivity contribution is 7.99. The lowest BCUT2D eigenvalue weighted by Crippen LogP contribution is -2.35. The van der Waals surface area contributed by atoms with E-state index in [9.17, 15) is 4.79 Å². The predicted molar refractivity (Wildman–Crippen MR) is 70.5 cm³/mol. The van der Waals surface area contributed by atoms with Gasteiger partial charge in [0.05, 0.1) is 0 Å². The van der Waals surface area contributed by atoms with Crippen molar-refractivity contribution < 1.29 is 9.53 Å². The lowest BCUT2D eigenvalue weighted by Gasteiger charge is -2.12. The summed E-state index contributed by atoms with van der Waals surface area (Å²) in [5, 5.41) is 3.59. The van der Waals surface area contributed by atoms with E-state index in [0.29, 0.717) is 11.0 Å². The summed E-state index contributed by atoms with van der Waals surface area (Å²) in [4.78, 5) is 11.6. The molecule has 2 unspecified atom stereocenters. The number of benzene rings is 1. The maximum atomic E-state index is 11.6. The minimum Gasteiger partial charge on any atom is -0.410 e. The van der Waals surface area contributed by atoms with Crippen molar-refractivity contribution in [1.82, 2.24) is 5.32 Å². The Morgan fingerprint density at radius 1 is 1.35 bits per heavy atom. The molecule has 17 heavy (non-hydrogen) atoms. The summed E-state index contributed by atoms with van der Waals surface area (Å²) in [7, 11) is 0. The third-order valence-electron chi connectivity index (χ3n) is 2.99. The van der Waals surface area contributed by atoms with E-state index in [1.807, 2.05) is 30.0 Å². The van der Waals surface area contributed by atoms with Crippen LogP contribution in [0, 0.1) is 0 Å². The van der Waals surface area contributed by atoms with Crippen LogP contribution in [0.5, 0.6) is 5.75 Å². The Balaban J connectivity index is 1.78. The standard InChI is InChI=1S/C13H17NO2S/c1-17-12-8-7-10(9-12)14-13(15)16-11-5-3-2-4-6-11/h2-6,10,12H,7-9H2,1H3,(H,14,15). The molecule has 2 rings (SSSR count). The first-order valence-electron chi connectivity index (χ1n) is 5.84. The minimum atomic E-state index is -0.344. The Morgan fingerprint density at radius 2 is 2.12 bits per heavy atom. The second-order valence-corrected chi connectivity index (χ2v) is 5.35.